The van der Waals surface area contributed by atoms with Gasteiger partial charge < -0.3 is 10.2 Å². The molecule has 0 spiro atoms. The third kappa shape index (κ3) is 2.51. The van der Waals surface area contributed by atoms with Crippen LogP contribution in [0.4, 0.5) is 0 Å². The molecular weight excluding hydrogens is 228 g/mol. The maximum absolute atomic E-state index is 10.9. The molecule has 0 saturated carbocycles. The summed E-state index contributed by atoms with van der Waals surface area (Å²) in [6.07, 6.45) is 7.86. The van der Waals surface area contributed by atoms with Crippen LogP contribution in [0.3, 0.4) is 0 Å². The maximum Gasteiger partial charge on any atom is 0.331 e. The van der Waals surface area contributed by atoms with Crippen molar-refractivity contribution in [2.24, 2.45) is 11.3 Å². The van der Waals surface area contributed by atoms with Crippen molar-refractivity contribution in [1.82, 2.24) is 0 Å². The molecule has 0 radical (unpaired) electrons. The maximum atomic E-state index is 10.9. The summed E-state index contributed by atoms with van der Waals surface area (Å²) >= 11 is 0. The second-order valence-electron chi connectivity index (χ2n) is 6.14. The van der Waals surface area contributed by atoms with Gasteiger partial charge in [-0.1, -0.05) is 26.0 Å². The molecule has 2 N–H and O–H groups in total. The summed E-state index contributed by atoms with van der Waals surface area (Å²) in [5, 5.41) is 19.4. The summed E-state index contributed by atoms with van der Waals surface area (Å²) in [6.45, 7) is 4.21. The van der Waals surface area contributed by atoms with E-state index in [4.69, 9.17) is 5.11 Å². The van der Waals surface area contributed by atoms with Crippen LogP contribution in [0.15, 0.2) is 23.3 Å². The van der Waals surface area contributed by atoms with Crippen LogP contribution in [0.2, 0.25) is 0 Å². The number of aliphatic hydroxyl groups is 1. The second-order valence-corrected chi connectivity index (χ2v) is 6.14. The van der Waals surface area contributed by atoms with Crippen molar-refractivity contribution in [3.63, 3.8) is 0 Å². The largest absolute Gasteiger partial charge is 0.478 e. The van der Waals surface area contributed by atoms with Crippen molar-refractivity contribution in [2.75, 3.05) is 0 Å². The standard InChI is InChI=1S/C15H22O3/c1-15(2)9-3-4-12(13(15)16)10-5-7-11(8-6-10)14(17)18/h4,7,10,13,16H,3,5-6,8-9H2,1-2H3,(H,17,18). The monoisotopic (exact) mass is 250 g/mol. The molecule has 0 bridgehead atoms. The van der Waals surface area contributed by atoms with E-state index in [1.165, 1.54) is 0 Å². The number of aliphatic carboxylic acids is 1. The predicted octanol–water partition coefficient (Wildman–Crippen LogP) is 2.90. The average Bonchev–Trinajstić information content (AvgIpc) is 2.33. The lowest BCUT2D eigenvalue weighted by Gasteiger charge is -2.39. The number of carbonyl (C=O) groups is 1. The molecule has 2 aliphatic rings. The SMILES string of the molecule is CC1(C)CCC=C(C2CC=C(C(=O)O)CC2)C1O. The van der Waals surface area contributed by atoms with Crippen LogP contribution in [-0.2, 0) is 4.79 Å². The van der Waals surface area contributed by atoms with E-state index in [-0.39, 0.29) is 11.5 Å². The van der Waals surface area contributed by atoms with Crippen LogP contribution in [-0.4, -0.2) is 22.3 Å². The fourth-order valence-electron chi connectivity index (χ4n) is 3.03. The Hall–Kier alpha value is -1.09. The van der Waals surface area contributed by atoms with E-state index in [2.05, 4.69) is 19.9 Å². The molecule has 2 aliphatic carbocycles. The summed E-state index contributed by atoms with van der Waals surface area (Å²) in [4.78, 5) is 10.9. The summed E-state index contributed by atoms with van der Waals surface area (Å²) in [7, 11) is 0. The average molecular weight is 250 g/mol. The molecule has 2 rings (SSSR count). The Balaban J connectivity index is 2.10. The molecular formula is C15H22O3. The van der Waals surface area contributed by atoms with Gasteiger partial charge in [0.05, 0.1) is 6.10 Å². The third-order valence-corrected chi connectivity index (χ3v) is 4.38. The molecule has 2 atom stereocenters. The molecule has 0 heterocycles. The summed E-state index contributed by atoms with van der Waals surface area (Å²) < 4.78 is 0. The van der Waals surface area contributed by atoms with Gasteiger partial charge in [0.1, 0.15) is 0 Å². The van der Waals surface area contributed by atoms with Gasteiger partial charge in [0.25, 0.3) is 0 Å². The zero-order chi connectivity index (χ0) is 13.3. The van der Waals surface area contributed by atoms with Crippen LogP contribution >= 0.6 is 0 Å². The van der Waals surface area contributed by atoms with Crippen molar-refractivity contribution in [1.29, 1.82) is 0 Å². The fraction of sp³-hybridized carbons (Fsp3) is 0.667. The topological polar surface area (TPSA) is 57.5 Å². The Kier molecular flexibility index (Phi) is 3.62. The van der Waals surface area contributed by atoms with Crippen molar-refractivity contribution >= 4 is 5.97 Å². The van der Waals surface area contributed by atoms with E-state index in [1.807, 2.05) is 6.08 Å². The normalized spacial score (nSPS) is 31.5. The number of allylic oxidation sites excluding steroid dienone is 2. The molecule has 0 aromatic carbocycles. The van der Waals surface area contributed by atoms with Crippen molar-refractivity contribution < 1.29 is 15.0 Å². The molecule has 100 valence electrons. The number of carboxylic acid groups (broad SMARTS) is 1. The van der Waals surface area contributed by atoms with Crippen LogP contribution in [0, 0.1) is 11.3 Å². The van der Waals surface area contributed by atoms with Gasteiger partial charge in [0.15, 0.2) is 0 Å². The Morgan fingerprint density at radius 2 is 2.11 bits per heavy atom. The first-order chi connectivity index (χ1) is 8.42. The molecule has 0 aromatic rings. The van der Waals surface area contributed by atoms with Crippen LogP contribution in [0.25, 0.3) is 0 Å². The molecule has 0 aliphatic heterocycles. The minimum Gasteiger partial charge on any atom is -0.478 e. The zero-order valence-corrected chi connectivity index (χ0v) is 11.1. The van der Waals surface area contributed by atoms with E-state index in [0.717, 1.165) is 31.3 Å². The molecule has 0 aromatic heterocycles. The van der Waals surface area contributed by atoms with Gasteiger partial charge in [0, 0.05) is 5.57 Å². The van der Waals surface area contributed by atoms with Crippen LogP contribution < -0.4 is 0 Å². The van der Waals surface area contributed by atoms with Gasteiger partial charge >= 0.3 is 5.97 Å². The van der Waals surface area contributed by atoms with Crippen LogP contribution in [0.5, 0.6) is 0 Å². The first kappa shape index (κ1) is 13.3. The van der Waals surface area contributed by atoms with Gasteiger partial charge in [0.2, 0.25) is 0 Å². The lowest BCUT2D eigenvalue weighted by molar-refractivity contribution is -0.132. The van der Waals surface area contributed by atoms with Gasteiger partial charge in [-0.2, -0.15) is 0 Å². The van der Waals surface area contributed by atoms with Gasteiger partial charge in [-0.3, -0.25) is 0 Å². The number of hydrogen-bond acceptors (Lipinski definition) is 2. The summed E-state index contributed by atoms with van der Waals surface area (Å²) in [5.41, 5.74) is 1.60. The van der Waals surface area contributed by atoms with Gasteiger partial charge in [-0.15, -0.1) is 0 Å². The Bertz CT molecular complexity index is 404. The Morgan fingerprint density at radius 3 is 2.67 bits per heavy atom. The molecule has 0 amide bonds. The molecule has 18 heavy (non-hydrogen) atoms. The van der Waals surface area contributed by atoms with E-state index in [9.17, 15) is 9.90 Å². The molecule has 0 fully saturated rings. The highest BCUT2D eigenvalue weighted by Gasteiger charge is 2.36. The molecule has 0 saturated heterocycles. The predicted molar refractivity (Wildman–Crippen MR) is 70.2 cm³/mol. The Morgan fingerprint density at radius 1 is 1.39 bits per heavy atom. The number of carboxylic acids is 1. The molecule has 3 heteroatoms. The van der Waals surface area contributed by atoms with E-state index < -0.39 is 5.97 Å². The summed E-state index contributed by atoms with van der Waals surface area (Å²) in [5.74, 6) is -0.477. The van der Waals surface area contributed by atoms with Gasteiger partial charge in [-0.05, 0) is 49.0 Å². The number of aliphatic hydroxyl groups excluding tert-OH is 1. The number of rotatable bonds is 2. The lowest BCUT2D eigenvalue weighted by atomic mass is 9.69. The second kappa shape index (κ2) is 4.88. The lowest BCUT2D eigenvalue weighted by Crippen LogP contribution is -2.36. The van der Waals surface area contributed by atoms with Crippen molar-refractivity contribution in [3.8, 4) is 0 Å². The Labute approximate surface area is 108 Å². The number of hydrogen-bond donors (Lipinski definition) is 2. The smallest absolute Gasteiger partial charge is 0.331 e. The van der Waals surface area contributed by atoms with Gasteiger partial charge in [-0.25, -0.2) is 4.79 Å². The first-order valence-electron chi connectivity index (χ1n) is 6.72. The molecule has 2 unspecified atom stereocenters. The summed E-state index contributed by atoms with van der Waals surface area (Å²) in [6, 6.07) is 0. The fourth-order valence-corrected chi connectivity index (χ4v) is 3.03. The first-order valence-corrected chi connectivity index (χ1v) is 6.72. The highest BCUT2D eigenvalue weighted by atomic mass is 16.4. The van der Waals surface area contributed by atoms with Crippen molar-refractivity contribution in [2.45, 2.75) is 52.1 Å². The third-order valence-electron chi connectivity index (χ3n) is 4.38. The van der Waals surface area contributed by atoms with Crippen molar-refractivity contribution in [3.05, 3.63) is 23.3 Å². The highest BCUT2D eigenvalue weighted by molar-refractivity contribution is 5.86. The zero-order valence-electron chi connectivity index (χ0n) is 11.1. The minimum absolute atomic E-state index is 0.0547. The van der Waals surface area contributed by atoms with Crippen LogP contribution in [0.1, 0.15) is 46.0 Å². The molecule has 3 nitrogen and oxygen atoms in total. The van der Waals surface area contributed by atoms with E-state index in [1.54, 1.807) is 0 Å². The quantitative estimate of drug-likeness (QED) is 0.741. The highest BCUT2D eigenvalue weighted by Crippen LogP contribution is 2.41. The van der Waals surface area contributed by atoms with E-state index >= 15 is 0 Å². The minimum atomic E-state index is -0.799. The van der Waals surface area contributed by atoms with E-state index in [0.29, 0.717) is 17.9 Å².